The Balaban J connectivity index is 2.84. The van der Waals surface area contributed by atoms with Crippen molar-refractivity contribution >= 4 is 23.8 Å². The van der Waals surface area contributed by atoms with Gasteiger partial charge in [-0.3, -0.25) is 19.3 Å². The van der Waals surface area contributed by atoms with Crippen LogP contribution in [0.2, 0.25) is 0 Å². The van der Waals surface area contributed by atoms with Crippen LogP contribution in [-0.2, 0) is 19.2 Å². The standard InChI is InChI=1S/C10H13NO6/c1-5-4-7(12)11(9(5)15)6(10(16)17)2-3-8(13)14/h5-6H,2-4H2,1H3,(H,13,14)(H,16,17). The molecule has 0 saturated carbocycles. The zero-order valence-corrected chi connectivity index (χ0v) is 9.25. The zero-order chi connectivity index (χ0) is 13.2. The van der Waals surface area contributed by atoms with E-state index in [0.29, 0.717) is 4.90 Å². The molecule has 1 saturated heterocycles. The summed E-state index contributed by atoms with van der Waals surface area (Å²) in [5.74, 6) is -4.16. The molecule has 0 aromatic heterocycles. The second kappa shape index (κ2) is 4.94. The minimum atomic E-state index is -1.38. The van der Waals surface area contributed by atoms with Crippen molar-refractivity contribution in [2.45, 2.75) is 32.2 Å². The average molecular weight is 243 g/mol. The fourth-order valence-corrected chi connectivity index (χ4v) is 1.76. The van der Waals surface area contributed by atoms with E-state index in [4.69, 9.17) is 10.2 Å². The van der Waals surface area contributed by atoms with Crippen LogP contribution in [0.5, 0.6) is 0 Å². The monoisotopic (exact) mass is 243 g/mol. The highest BCUT2D eigenvalue weighted by atomic mass is 16.4. The Bertz CT molecular complexity index is 377. The SMILES string of the molecule is CC1CC(=O)N(C(CCC(=O)O)C(=O)O)C1=O. The van der Waals surface area contributed by atoms with Gasteiger partial charge in [0, 0.05) is 18.8 Å². The van der Waals surface area contributed by atoms with Gasteiger partial charge in [0.1, 0.15) is 6.04 Å². The molecule has 2 atom stereocenters. The first-order valence-electron chi connectivity index (χ1n) is 5.15. The van der Waals surface area contributed by atoms with Gasteiger partial charge in [-0.05, 0) is 6.42 Å². The molecule has 0 radical (unpaired) electrons. The largest absolute Gasteiger partial charge is 0.481 e. The van der Waals surface area contributed by atoms with Crippen molar-refractivity contribution in [3.63, 3.8) is 0 Å². The average Bonchev–Trinajstić information content (AvgIpc) is 2.44. The van der Waals surface area contributed by atoms with E-state index in [1.165, 1.54) is 6.92 Å². The summed E-state index contributed by atoms with van der Waals surface area (Å²) in [5.41, 5.74) is 0. The lowest BCUT2D eigenvalue weighted by Gasteiger charge is -2.22. The summed E-state index contributed by atoms with van der Waals surface area (Å²) in [6.07, 6.45) is -0.688. The molecule has 2 amide bonds. The number of imide groups is 1. The van der Waals surface area contributed by atoms with E-state index >= 15 is 0 Å². The number of hydrogen-bond acceptors (Lipinski definition) is 4. The van der Waals surface area contributed by atoms with E-state index in [1.807, 2.05) is 0 Å². The molecular weight excluding hydrogens is 230 g/mol. The Morgan fingerprint density at radius 2 is 2.00 bits per heavy atom. The molecule has 7 heteroatoms. The molecule has 0 aliphatic carbocycles. The lowest BCUT2D eigenvalue weighted by Crippen LogP contribution is -2.45. The molecule has 2 N–H and O–H groups in total. The fourth-order valence-electron chi connectivity index (χ4n) is 1.76. The van der Waals surface area contributed by atoms with Crippen molar-refractivity contribution in [2.75, 3.05) is 0 Å². The van der Waals surface area contributed by atoms with Gasteiger partial charge in [-0.15, -0.1) is 0 Å². The maximum Gasteiger partial charge on any atom is 0.326 e. The first kappa shape index (κ1) is 13.1. The van der Waals surface area contributed by atoms with E-state index in [9.17, 15) is 19.2 Å². The number of carbonyl (C=O) groups excluding carboxylic acids is 2. The summed E-state index contributed by atoms with van der Waals surface area (Å²) < 4.78 is 0. The van der Waals surface area contributed by atoms with E-state index in [2.05, 4.69) is 0 Å². The van der Waals surface area contributed by atoms with Crippen molar-refractivity contribution < 1.29 is 29.4 Å². The molecule has 0 spiro atoms. The Hall–Kier alpha value is -1.92. The fraction of sp³-hybridized carbons (Fsp3) is 0.600. The number of nitrogens with zero attached hydrogens (tertiary/aromatic N) is 1. The molecule has 0 bridgehead atoms. The quantitative estimate of drug-likeness (QED) is 0.641. The molecule has 1 rings (SSSR count). The van der Waals surface area contributed by atoms with Gasteiger partial charge in [0.05, 0.1) is 0 Å². The Labute approximate surface area is 97.0 Å². The molecule has 1 heterocycles. The first-order valence-corrected chi connectivity index (χ1v) is 5.15. The maximum absolute atomic E-state index is 11.6. The van der Waals surface area contributed by atoms with Gasteiger partial charge in [0.15, 0.2) is 0 Å². The molecule has 1 aliphatic rings. The second-order valence-electron chi connectivity index (χ2n) is 3.99. The lowest BCUT2D eigenvalue weighted by molar-refractivity contribution is -0.155. The van der Waals surface area contributed by atoms with Crippen LogP contribution in [0.4, 0.5) is 0 Å². The Morgan fingerprint density at radius 3 is 2.35 bits per heavy atom. The van der Waals surface area contributed by atoms with Crippen molar-refractivity contribution in [1.29, 1.82) is 0 Å². The molecule has 0 aromatic rings. The van der Waals surface area contributed by atoms with Crippen molar-refractivity contribution in [2.24, 2.45) is 5.92 Å². The summed E-state index contributed by atoms with van der Waals surface area (Å²) in [6.45, 7) is 1.54. The third-order valence-corrected chi connectivity index (χ3v) is 2.64. The smallest absolute Gasteiger partial charge is 0.326 e. The molecule has 0 aromatic carbocycles. The van der Waals surface area contributed by atoms with Crippen molar-refractivity contribution in [1.82, 2.24) is 4.90 Å². The summed E-state index contributed by atoms with van der Waals surface area (Å²) in [6, 6.07) is -1.38. The number of aliphatic carboxylic acids is 2. The van der Waals surface area contributed by atoms with Crippen LogP contribution >= 0.6 is 0 Å². The van der Waals surface area contributed by atoms with Crippen LogP contribution in [0.3, 0.4) is 0 Å². The topological polar surface area (TPSA) is 112 Å². The van der Waals surface area contributed by atoms with E-state index in [-0.39, 0.29) is 12.8 Å². The maximum atomic E-state index is 11.6. The highest BCUT2D eigenvalue weighted by Crippen LogP contribution is 2.23. The molecule has 1 aliphatic heterocycles. The number of likely N-dealkylation sites (tertiary alicyclic amines) is 1. The Morgan fingerprint density at radius 1 is 1.41 bits per heavy atom. The Kier molecular flexibility index (Phi) is 3.82. The number of carbonyl (C=O) groups is 4. The van der Waals surface area contributed by atoms with Crippen LogP contribution in [0.1, 0.15) is 26.2 Å². The van der Waals surface area contributed by atoms with Gasteiger partial charge in [0.2, 0.25) is 11.8 Å². The summed E-state index contributed by atoms with van der Waals surface area (Å²) >= 11 is 0. The summed E-state index contributed by atoms with van der Waals surface area (Å²) in [5, 5.41) is 17.4. The van der Waals surface area contributed by atoms with Gasteiger partial charge in [-0.25, -0.2) is 4.79 Å². The zero-order valence-electron chi connectivity index (χ0n) is 9.25. The lowest BCUT2D eigenvalue weighted by atomic mass is 10.1. The van der Waals surface area contributed by atoms with E-state index in [0.717, 1.165) is 0 Å². The minimum Gasteiger partial charge on any atom is -0.481 e. The van der Waals surface area contributed by atoms with E-state index < -0.39 is 42.1 Å². The van der Waals surface area contributed by atoms with Gasteiger partial charge in [-0.1, -0.05) is 6.92 Å². The second-order valence-corrected chi connectivity index (χ2v) is 3.99. The van der Waals surface area contributed by atoms with Crippen molar-refractivity contribution in [3.05, 3.63) is 0 Å². The third-order valence-electron chi connectivity index (χ3n) is 2.64. The van der Waals surface area contributed by atoms with Crippen molar-refractivity contribution in [3.8, 4) is 0 Å². The predicted octanol–water partition coefficient (Wildman–Crippen LogP) is -0.301. The third kappa shape index (κ3) is 2.80. The van der Waals surface area contributed by atoms with Crippen LogP contribution in [0.25, 0.3) is 0 Å². The highest BCUT2D eigenvalue weighted by molar-refractivity contribution is 6.06. The van der Waals surface area contributed by atoms with E-state index in [1.54, 1.807) is 0 Å². The van der Waals surface area contributed by atoms with Crippen LogP contribution < -0.4 is 0 Å². The van der Waals surface area contributed by atoms with Gasteiger partial charge >= 0.3 is 11.9 Å². The molecule has 7 nitrogen and oxygen atoms in total. The molecule has 17 heavy (non-hydrogen) atoms. The normalized spacial score (nSPS) is 21.7. The van der Waals surface area contributed by atoms with Crippen LogP contribution in [-0.4, -0.2) is 44.9 Å². The predicted molar refractivity (Wildman–Crippen MR) is 53.9 cm³/mol. The molecule has 2 unspecified atom stereocenters. The number of carboxylic acids is 2. The molecule has 1 fully saturated rings. The summed E-state index contributed by atoms with van der Waals surface area (Å²) in [7, 11) is 0. The van der Waals surface area contributed by atoms with Gasteiger partial charge in [-0.2, -0.15) is 0 Å². The van der Waals surface area contributed by atoms with Gasteiger partial charge in [0.25, 0.3) is 0 Å². The number of amides is 2. The van der Waals surface area contributed by atoms with Crippen LogP contribution in [0.15, 0.2) is 0 Å². The number of hydrogen-bond donors (Lipinski definition) is 2. The van der Waals surface area contributed by atoms with Crippen LogP contribution in [0, 0.1) is 5.92 Å². The number of rotatable bonds is 5. The first-order chi connectivity index (χ1) is 7.84. The van der Waals surface area contributed by atoms with Gasteiger partial charge < -0.3 is 10.2 Å². The minimum absolute atomic E-state index is 0.0182. The highest BCUT2D eigenvalue weighted by Gasteiger charge is 2.42. The molecule has 94 valence electrons. The number of carboxylic acid groups (broad SMARTS) is 2. The molecular formula is C10H13NO6. The summed E-state index contributed by atoms with van der Waals surface area (Å²) in [4.78, 5) is 45.1.